The highest BCUT2D eigenvalue weighted by Crippen LogP contribution is 2.15. The van der Waals surface area contributed by atoms with E-state index in [9.17, 15) is 9.18 Å². The van der Waals surface area contributed by atoms with Crippen molar-refractivity contribution in [1.82, 2.24) is 24.9 Å². The summed E-state index contributed by atoms with van der Waals surface area (Å²) in [6.45, 7) is 3.76. The van der Waals surface area contributed by atoms with Crippen LogP contribution in [0.25, 0.3) is 5.78 Å². The van der Waals surface area contributed by atoms with E-state index in [4.69, 9.17) is 0 Å². The maximum absolute atomic E-state index is 13.7. The topological polar surface area (TPSA) is 72.2 Å². The first-order valence-electron chi connectivity index (χ1n) is 6.87. The van der Waals surface area contributed by atoms with Crippen molar-refractivity contribution in [2.45, 2.75) is 20.4 Å². The molecule has 3 aromatic rings. The Balaban J connectivity index is 1.79. The lowest BCUT2D eigenvalue weighted by molar-refractivity contribution is 0.0940. The molecule has 0 atom stereocenters. The number of hydrogen-bond donors (Lipinski definition) is 1. The second-order valence-electron chi connectivity index (χ2n) is 5.10. The summed E-state index contributed by atoms with van der Waals surface area (Å²) in [6, 6.07) is 6.51. The number of benzene rings is 1. The highest BCUT2D eigenvalue weighted by molar-refractivity contribution is 9.10. The van der Waals surface area contributed by atoms with Crippen LogP contribution >= 0.6 is 15.9 Å². The number of aryl methyl sites for hydroxylation is 2. The molecule has 3 rings (SSSR count). The number of carbonyl (C=O) groups excluding carboxylic acids is 1. The Morgan fingerprint density at radius 2 is 2.09 bits per heavy atom. The zero-order chi connectivity index (χ0) is 16.6. The molecular weight excluding hydrogens is 365 g/mol. The molecule has 2 aromatic heterocycles. The minimum Gasteiger partial charge on any atom is -0.345 e. The van der Waals surface area contributed by atoms with Crippen LogP contribution in [0.15, 0.2) is 28.7 Å². The first-order chi connectivity index (χ1) is 10.9. The molecule has 0 unspecified atom stereocenters. The van der Waals surface area contributed by atoms with Gasteiger partial charge in [0.15, 0.2) is 0 Å². The van der Waals surface area contributed by atoms with Gasteiger partial charge in [0.05, 0.1) is 0 Å². The van der Waals surface area contributed by atoms with Gasteiger partial charge in [-0.3, -0.25) is 4.79 Å². The van der Waals surface area contributed by atoms with E-state index < -0.39 is 11.7 Å². The molecule has 1 N–H and O–H groups in total. The minimum atomic E-state index is -0.477. The van der Waals surface area contributed by atoms with Crippen LogP contribution in [0.2, 0.25) is 0 Å². The molecule has 2 heterocycles. The standard InChI is InChI=1S/C15H13BrFN5O/c1-8-5-9(2)22-15(19-8)20-13(21-22)14(23)18-7-10-3-4-11(16)6-12(10)17/h3-6H,7H2,1-2H3,(H,18,23). The van der Waals surface area contributed by atoms with E-state index in [0.29, 0.717) is 15.8 Å². The van der Waals surface area contributed by atoms with Crippen molar-refractivity contribution in [2.75, 3.05) is 0 Å². The molecule has 23 heavy (non-hydrogen) atoms. The molecular formula is C15H13BrFN5O. The zero-order valence-electron chi connectivity index (χ0n) is 12.5. The number of halogens is 2. The van der Waals surface area contributed by atoms with E-state index in [2.05, 4.69) is 36.3 Å². The van der Waals surface area contributed by atoms with Crippen molar-refractivity contribution in [2.24, 2.45) is 0 Å². The third-order valence-electron chi connectivity index (χ3n) is 3.28. The number of aromatic nitrogens is 4. The first kappa shape index (κ1) is 15.5. The third kappa shape index (κ3) is 3.21. The summed E-state index contributed by atoms with van der Waals surface area (Å²) in [4.78, 5) is 20.5. The van der Waals surface area contributed by atoms with Crippen LogP contribution in [-0.2, 0) is 6.54 Å². The number of hydrogen-bond acceptors (Lipinski definition) is 4. The lowest BCUT2D eigenvalue weighted by Crippen LogP contribution is -2.24. The predicted molar refractivity (Wildman–Crippen MR) is 85.5 cm³/mol. The van der Waals surface area contributed by atoms with Gasteiger partial charge in [-0.15, -0.1) is 5.10 Å². The zero-order valence-corrected chi connectivity index (χ0v) is 14.1. The Hall–Kier alpha value is -2.35. The van der Waals surface area contributed by atoms with Crippen molar-refractivity contribution in [3.05, 3.63) is 57.3 Å². The van der Waals surface area contributed by atoms with E-state index in [-0.39, 0.29) is 12.4 Å². The predicted octanol–water partition coefficient (Wildman–Crippen LogP) is 2.57. The van der Waals surface area contributed by atoms with Crippen LogP contribution in [0, 0.1) is 19.7 Å². The van der Waals surface area contributed by atoms with Gasteiger partial charge in [0.25, 0.3) is 11.7 Å². The Labute approximate surface area is 139 Å². The van der Waals surface area contributed by atoms with Gasteiger partial charge in [0, 0.05) is 28.0 Å². The lowest BCUT2D eigenvalue weighted by atomic mass is 10.2. The Bertz CT molecular complexity index is 908. The number of fused-ring (bicyclic) bond motifs is 1. The molecule has 0 saturated heterocycles. The average Bonchev–Trinajstić information content (AvgIpc) is 2.90. The highest BCUT2D eigenvalue weighted by atomic mass is 79.9. The van der Waals surface area contributed by atoms with Crippen LogP contribution in [0.3, 0.4) is 0 Å². The fraction of sp³-hybridized carbons (Fsp3) is 0.200. The Morgan fingerprint density at radius 1 is 1.30 bits per heavy atom. The van der Waals surface area contributed by atoms with Crippen LogP contribution in [0.1, 0.15) is 27.6 Å². The van der Waals surface area contributed by atoms with Crippen LogP contribution in [0.5, 0.6) is 0 Å². The fourth-order valence-corrected chi connectivity index (χ4v) is 2.52. The molecule has 0 bridgehead atoms. The SMILES string of the molecule is Cc1cc(C)n2nc(C(=O)NCc3ccc(Br)cc3F)nc2n1. The first-order valence-corrected chi connectivity index (χ1v) is 7.66. The molecule has 0 aliphatic heterocycles. The third-order valence-corrected chi connectivity index (χ3v) is 3.77. The maximum Gasteiger partial charge on any atom is 0.291 e. The molecule has 0 aliphatic rings. The molecule has 0 radical (unpaired) electrons. The van der Waals surface area contributed by atoms with E-state index >= 15 is 0 Å². The molecule has 0 aliphatic carbocycles. The second kappa shape index (κ2) is 6.04. The van der Waals surface area contributed by atoms with Crippen molar-refractivity contribution in [3.8, 4) is 0 Å². The summed E-state index contributed by atoms with van der Waals surface area (Å²) in [7, 11) is 0. The maximum atomic E-state index is 13.7. The molecule has 0 saturated carbocycles. The summed E-state index contributed by atoms with van der Waals surface area (Å²) in [6.07, 6.45) is 0. The Kier molecular flexibility index (Phi) is 4.08. The van der Waals surface area contributed by atoms with Gasteiger partial charge >= 0.3 is 0 Å². The summed E-state index contributed by atoms with van der Waals surface area (Å²) in [5.74, 6) is -0.503. The largest absolute Gasteiger partial charge is 0.345 e. The molecule has 118 valence electrons. The highest BCUT2D eigenvalue weighted by Gasteiger charge is 2.15. The van der Waals surface area contributed by atoms with Crippen LogP contribution < -0.4 is 5.32 Å². The molecule has 0 spiro atoms. The fourth-order valence-electron chi connectivity index (χ4n) is 2.18. The summed E-state index contributed by atoms with van der Waals surface area (Å²) in [5.41, 5.74) is 2.01. The summed E-state index contributed by atoms with van der Waals surface area (Å²) >= 11 is 3.19. The van der Waals surface area contributed by atoms with Crippen molar-refractivity contribution in [3.63, 3.8) is 0 Å². The van der Waals surface area contributed by atoms with Gasteiger partial charge in [-0.25, -0.2) is 13.9 Å². The van der Waals surface area contributed by atoms with Crippen molar-refractivity contribution >= 4 is 27.6 Å². The van der Waals surface area contributed by atoms with Crippen molar-refractivity contribution < 1.29 is 9.18 Å². The van der Waals surface area contributed by atoms with Crippen molar-refractivity contribution in [1.29, 1.82) is 0 Å². The normalized spacial score (nSPS) is 11.0. The number of nitrogens with one attached hydrogen (secondary N) is 1. The average molecular weight is 378 g/mol. The smallest absolute Gasteiger partial charge is 0.291 e. The van der Waals surface area contributed by atoms with E-state index in [1.165, 1.54) is 10.6 Å². The quantitative estimate of drug-likeness (QED) is 0.761. The van der Waals surface area contributed by atoms with Gasteiger partial charge in [0.2, 0.25) is 5.82 Å². The molecule has 6 nitrogen and oxygen atoms in total. The van der Waals surface area contributed by atoms with Gasteiger partial charge in [-0.05, 0) is 32.0 Å². The monoisotopic (exact) mass is 377 g/mol. The second-order valence-corrected chi connectivity index (χ2v) is 6.02. The van der Waals surface area contributed by atoms with E-state index in [0.717, 1.165) is 11.4 Å². The van der Waals surface area contributed by atoms with E-state index in [1.54, 1.807) is 12.1 Å². The number of rotatable bonds is 3. The molecule has 1 amide bonds. The van der Waals surface area contributed by atoms with E-state index in [1.807, 2.05) is 19.9 Å². The van der Waals surface area contributed by atoms with Gasteiger partial charge < -0.3 is 5.32 Å². The van der Waals surface area contributed by atoms with Crippen LogP contribution in [-0.4, -0.2) is 25.5 Å². The van der Waals surface area contributed by atoms with Gasteiger partial charge in [0.1, 0.15) is 5.82 Å². The Morgan fingerprint density at radius 3 is 2.83 bits per heavy atom. The van der Waals surface area contributed by atoms with Gasteiger partial charge in [-0.2, -0.15) is 4.98 Å². The van der Waals surface area contributed by atoms with Gasteiger partial charge in [-0.1, -0.05) is 22.0 Å². The summed E-state index contributed by atoms with van der Waals surface area (Å²) < 4.78 is 15.9. The number of nitrogens with zero attached hydrogens (tertiary/aromatic N) is 4. The minimum absolute atomic E-state index is 0.00344. The number of amides is 1. The summed E-state index contributed by atoms with van der Waals surface area (Å²) in [5, 5.41) is 6.74. The number of carbonyl (C=O) groups is 1. The molecule has 1 aromatic carbocycles. The molecule has 0 fully saturated rings. The van der Waals surface area contributed by atoms with Crippen LogP contribution in [0.4, 0.5) is 4.39 Å². The molecule has 8 heteroatoms. The lowest BCUT2D eigenvalue weighted by Gasteiger charge is -2.04.